The highest BCUT2D eigenvalue weighted by Crippen LogP contribution is 2.32. The van der Waals surface area contributed by atoms with Crippen molar-refractivity contribution in [1.82, 2.24) is 4.90 Å². The van der Waals surface area contributed by atoms with Gasteiger partial charge in [0.1, 0.15) is 0 Å². The van der Waals surface area contributed by atoms with Crippen LogP contribution in [0.1, 0.15) is 24.8 Å². The Morgan fingerprint density at radius 2 is 1.74 bits per heavy atom. The minimum absolute atomic E-state index is 0.252. The lowest BCUT2D eigenvalue weighted by molar-refractivity contribution is -0.122. The molecule has 23 heavy (non-hydrogen) atoms. The van der Waals surface area contributed by atoms with Crippen molar-refractivity contribution >= 4 is 5.91 Å². The molecular formula is C20H23N2O. The average molecular weight is 307 g/mol. The molecule has 0 bridgehead atoms. The SMILES string of the molecule is CCN1CC[C@H](c2ccc(-c3ccccc3)cc2)[CH]C1C(N)=O. The van der Waals surface area contributed by atoms with E-state index in [1.807, 2.05) is 6.07 Å². The molecule has 1 amide bonds. The highest BCUT2D eigenvalue weighted by Gasteiger charge is 2.32. The van der Waals surface area contributed by atoms with E-state index in [0.717, 1.165) is 19.5 Å². The molecule has 119 valence electrons. The maximum atomic E-state index is 11.7. The van der Waals surface area contributed by atoms with Crippen LogP contribution in [0.3, 0.4) is 0 Å². The van der Waals surface area contributed by atoms with E-state index in [4.69, 9.17) is 5.73 Å². The number of nitrogens with zero attached hydrogens (tertiary/aromatic N) is 1. The number of hydrogen-bond acceptors (Lipinski definition) is 2. The summed E-state index contributed by atoms with van der Waals surface area (Å²) in [5, 5.41) is 0. The van der Waals surface area contributed by atoms with Gasteiger partial charge in [0, 0.05) is 0 Å². The molecule has 3 nitrogen and oxygen atoms in total. The predicted molar refractivity (Wildman–Crippen MR) is 93.8 cm³/mol. The van der Waals surface area contributed by atoms with E-state index in [1.54, 1.807) is 0 Å². The van der Waals surface area contributed by atoms with Crippen molar-refractivity contribution in [2.24, 2.45) is 5.73 Å². The monoisotopic (exact) mass is 307 g/mol. The first-order valence-corrected chi connectivity index (χ1v) is 8.22. The number of benzene rings is 2. The van der Waals surface area contributed by atoms with Crippen LogP contribution in [0.2, 0.25) is 0 Å². The molecule has 2 aromatic carbocycles. The second kappa shape index (κ2) is 6.97. The highest BCUT2D eigenvalue weighted by atomic mass is 16.1. The zero-order chi connectivity index (χ0) is 16.2. The fraction of sp³-hybridized carbons (Fsp3) is 0.300. The largest absolute Gasteiger partial charge is 0.368 e. The quantitative estimate of drug-likeness (QED) is 0.942. The van der Waals surface area contributed by atoms with Gasteiger partial charge in [-0.05, 0) is 48.5 Å². The van der Waals surface area contributed by atoms with E-state index >= 15 is 0 Å². The number of nitrogens with two attached hydrogens (primary N) is 1. The van der Waals surface area contributed by atoms with Crippen LogP contribution in [0.4, 0.5) is 0 Å². The van der Waals surface area contributed by atoms with Crippen LogP contribution in [0.5, 0.6) is 0 Å². The maximum Gasteiger partial charge on any atom is 0.235 e. The molecule has 1 saturated heterocycles. The topological polar surface area (TPSA) is 46.3 Å². The lowest BCUT2D eigenvalue weighted by Crippen LogP contribution is -2.49. The molecular weight excluding hydrogens is 284 g/mol. The van der Waals surface area contributed by atoms with Crippen LogP contribution in [0, 0.1) is 6.42 Å². The molecule has 0 spiro atoms. The maximum absolute atomic E-state index is 11.7. The molecule has 2 aromatic rings. The average Bonchev–Trinajstić information content (AvgIpc) is 2.62. The summed E-state index contributed by atoms with van der Waals surface area (Å²) in [5.74, 6) is 0.0394. The van der Waals surface area contributed by atoms with E-state index in [0.29, 0.717) is 5.92 Å². The van der Waals surface area contributed by atoms with Gasteiger partial charge in [-0.2, -0.15) is 0 Å². The van der Waals surface area contributed by atoms with Crippen LogP contribution in [-0.4, -0.2) is 29.9 Å². The van der Waals surface area contributed by atoms with Crippen LogP contribution >= 0.6 is 0 Å². The molecule has 3 heteroatoms. The van der Waals surface area contributed by atoms with Gasteiger partial charge in [-0.3, -0.25) is 9.69 Å². The standard InChI is InChI=1S/C20H23N2O/c1-2-22-13-12-18(14-19(22)20(21)23)17-10-8-16(9-11-17)15-6-4-3-5-7-15/h3-11,14,18-19H,2,12-13H2,1H3,(H2,21,23)/t18-,19?/m0/s1. The first-order valence-electron chi connectivity index (χ1n) is 8.22. The van der Waals surface area contributed by atoms with Crippen molar-refractivity contribution in [2.75, 3.05) is 13.1 Å². The van der Waals surface area contributed by atoms with Crippen molar-refractivity contribution in [3.05, 3.63) is 66.6 Å². The molecule has 0 saturated carbocycles. The first-order chi connectivity index (χ1) is 11.2. The zero-order valence-corrected chi connectivity index (χ0v) is 13.5. The van der Waals surface area contributed by atoms with Crippen molar-refractivity contribution in [2.45, 2.75) is 25.3 Å². The summed E-state index contributed by atoms with van der Waals surface area (Å²) in [5.41, 5.74) is 9.25. The number of carbonyl (C=O) groups is 1. The van der Waals surface area contributed by atoms with Crippen molar-refractivity contribution in [1.29, 1.82) is 0 Å². The summed E-state index contributed by atoms with van der Waals surface area (Å²) in [7, 11) is 0. The van der Waals surface area contributed by atoms with Crippen LogP contribution in [-0.2, 0) is 4.79 Å². The zero-order valence-electron chi connectivity index (χ0n) is 13.5. The third-order valence-corrected chi connectivity index (χ3v) is 4.68. The van der Waals surface area contributed by atoms with Crippen LogP contribution in [0.15, 0.2) is 54.6 Å². The van der Waals surface area contributed by atoms with E-state index in [1.165, 1.54) is 16.7 Å². The molecule has 1 fully saturated rings. The summed E-state index contributed by atoms with van der Waals surface area (Å²) in [6.07, 6.45) is 3.13. The summed E-state index contributed by atoms with van der Waals surface area (Å²) in [6.45, 7) is 3.83. The van der Waals surface area contributed by atoms with Gasteiger partial charge in [0.15, 0.2) is 0 Å². The smallest absolute Gasteiger partial charge is 0.235 e. The van der Waals surface area contributed by atoms with Gasteiger partial charge in [0.2, 0.25) is 5.91 Å². The Kier molecular flexibility index (Phi) is 4.77. The molecule has 1 unspecified atom stereocenters. The number of carbonyl (C=O) groups excluding carboxylic acids is 1. The molecule has 1 radical (unpaired) electrons. The number of likely N-dealkylation sites (N-methyl/N-ethyl adjacent to an activating group) is 1. The van der Waals surface area contributed by atoms with Crippen LogP contribution < -0.4 is 5.73 Å². The minimum atomic E-state index is -0.257. The molecule has 2 N–H and O–H groups in total. The Balaban J connectivity index is 1.76. The Morgan fingerprint density at radius 3 is 2.35 bits per heavy atom. The van der Waals surface area contributed by atoms with Crippen molar-refractivity contribution in [3.63, 3.8) is 0 Å². The van der Waals surface area contributed by atoms with Gasteiger partial charge in [-0.15, -0.1) is 0 Å². The lowest BCUT2D eigenvalue weighted by atomic mass is 9.84. The number of rotatable bonds is 4. The Morgan fingerprint density at radius 1 is 1.09 bits per heavy atom. The molecule has 1 aliphatic heterocycles. The minimum Gasteiger partial charge on any atom is -0.368 e. The normalized spacial score (nSPS) is 22.0. The highest BCUT2D eigenvalue weighted by molar-refractivity contribution is 5.81. The molecule has 0 aromatic heterocycles. The summed E-state index contributed by atoms with van der Waals surface area (Å²) in [6, 6.07) is 18.8. The fourth-order valence-electron chi connectivity index (χ4n) is 3.34. The second-order valence-electron chi connectivity index (χ2n) is 6.05. The van der Waals surface area contributed by atoms with Crippen LogP contribution in [0.25, 0.3) is 11.1 Å². The molecule has 1 heterocycles. The first kappa shape index (κ1) is 15.8. The van der Waals surface area contributed by atoms with Crippen molar-refractivity contribution < 1.29 is 4.79 Å². The van der Waals surface area contributed by atoms with Gasteiger partial charge in [0.25, 0.3) is 0 Å². The van der Waals surface area contributed by atoms with E-state index < -0.39 is 0 Å². The van der Waals surface area contributed by atoms with E-state index in [2.05, 4.69) is 66.8 Å². The summed E-state index contributed by atoms with van der Waals surface area (Å²) >= 11 is 0. The van der Waals surface area contributed by atoms with Gasteiger partial charge in [-0.25, -0.2) is 0 Å². The number of amides is 1. The molecule has 1 aliphatic rings. The van der Waals surface area contributed by atoms with E-state index in [9.17, 15) is 4.79 Å². The summed E-state index contributed by atoms with van der Waals surface area (Å²) in [4.78, 5) is 13.8. The number of primary amides is 1. The second-order valence-corrected chi connectivity index (χ2v) is 6.05. The van der Waals surface area contributed by atoms with Gasteiger partial charge in [0.05, 0.1) is 6.04 Å². The molecule has 0 aliphatic carbocycles. The third kappa shape index (κ3) is 3.45. The van der Waals surface area contributed by atoms with Gasteiger partial charge < -0.3 is 5.73 Å². The van der Waals surface area contributed by atoms with Gasteiger partial charge in [-0.1, -0.05) is 61.5 Å². The van der Waals surface area contributed by atoms with E-state index in [-0.39, 0.29) is 11.9 Å². The Bertz CT molecular complexity index is 651. The van der Waals surface area contributed by atoms with Crippen molar-refractivity contribution in [3.8, 4) is 11.1 Å². The molecule has 2 atom stereocenters. The summed E-state index contributed by atoms with van der Waals surface area (Å²) < 4.78 is 0. The Hall–Kier alpha value is -2.13. The Labute approximate surface area is 138 Å². The predicted octanol–water partition coefficient (Wildman–Crippen LogP) is 3.22. The number of hydrogen-bond donors (Lipinski definition) is 1. The fourth-order valence-corrected chi connectivity index (χ4v) is 3.34. The number of likely N-dealkylation sites (tertiary alicyclic amines) is 1. The van der Waals surface area contributed by atoms with Gasteiger partial charge >= 0.3 is 0 Å². The third-order valence-electron chi connectivity index (χ3n) is 4.68. The lowest BCUT2D eigenvalue weighted by Gasteiger charge is -2.37. The molecule has 3 rings (SSSR count). The number of piperidine rings is 1.